The number of pyridine rings is 1. The predicted octanol–water partition coefficient (Wildman–Crippen LogP) is 3.80. The Hall–Kier alpha value is -3.32. The number of anilines is 1. The first-order chi connectivity index (χ1) is 13.5. The van der Waals surface area contributed by atoms with Crippen LogP contribution in [-0.2, 0) is 9.84 Å². The molecule has 0 unspecified atom stereocenters. The van der Waals surface area contributed by atoms with Gasteiger partial charge in [0.25, 0.3) is 0 Å². The minimum absolute atomic E-state index is 0.294. The van der Waals surface area contributed by atoms with Crippen LogP contribution in [0.4, 0.5) is 5.82 Å². The lowest BCUT2D eigenvalue weighted by molar-refractivity contribution is 0.602. The molecule has 0 saturated heterocycles. The van der Waals surface area contributed by atoms with E-state index < -0.39 is 9.84 Å². The van der Waals surface area contributed by atoms with Crippen LogP contribution < -0.4 is 5.32 Å². The van der Waals surface area contributed by atoms with E-state index in [1.807, 2.05) is 43.4 Å². The fraction of sp³-hybridized carbons (Fsp3) is 0.0952. The van der Waals surface area contributed by atoms with Crippen molar-refractivity contribution in [3.8, 4) is 22.5 Å². The number of benzene rings is 2. The van der Waals surface area contributed by atoms with Crippen molar-refractivity contribution in [3.05, 3.63) is 67.0 Å². The highest BCUT2D eigenvalue weighted by molar-refractivity contribution is 7.90. The lowest BCUT2D eigenvalue weighted by atomic mass is 10.0. The third-order valence-corrected chi connectivity index (χ3v) is 5.56. The van der Waals surface area contributed by atoms with E-state index in [0.717, 1.165) is 27.6 Å². The van der Waals surface area contributed by atoms with Gasteiger partial charge < -0.3 is 5.32 Å². The Labute approximate surface area is 163 Å². The highest BCUT2D eigenvalue weighted by Crippen LogP contribution is 2.30. The molecule has 0 saturated carbocycles. The van der Waals surface area contributed by atoms with Crippen LogP contribution in [0.2, 0.25) is 0 Å². The van der Waals surface area contributed by atoms with Gasteiger partial charge in [0, 0.05) is 36.6 Å². The third-order valence-electron chi connectivity index (χ3n) is 4.45. The first-order valence-corrected chi connectivity index (χ1v) is 10.6. The van der Waals surface area contributed by atoms with E-state index in [2.05, 4.69) is 20.3 Å². The lowest BCUT2D eigenvalue weighted by Crippen LogP contribution is -1.99. The Morgan fingerprint density at radius 1 is 0.893 bits per heavy atom. The molecule has 7 heteroatoms. The van der Waals surface area contributed by atoms with Crippen molar-refractivity contribution in [1.29, 1.82) is 0 Å². The highest BCUT2D eigenvalue weighted by Gasteiger charge is 2.12. The SMILES string of the molecule is CNc1nc(-c2cccnc2)nc2ccc(-c3cccc(S(C)(=O)=O)c3)cc12. The number of hydrogen-bond donors (Lipinski definition) is 1. The maximum atomic E-state index is 11.9. The Balaban J connectivity index is 1.86. The summed E-state index contributed by atoms with van der Waals surface area (Å²) in [6, 6.07) is 16.5. The van der Waals surface area contributed by atoms with Gasteiger partial charge in [0.15, 0.2) is 15.7 Å². The average molecular weight is 390 g/mol. The first kappa shape index (κ1) is 18.1. The van der Waals surface area contributed by atoms with Crippen LogP contribution in [0.25, 0.3) is 33.4 Å². The van der Waals surface area contributed by atoms with E-state index in [9.17, 15) is 8.42 Å². The Bertz CT molecular complexity index is 1270. The number of nitrogens with one attached hydrogen (secondary N) is 1. The zero-order valence-corrected chi connectivity index (χ0v) is 16.2. The van der Waals surface area contributed by atoms with Crippen LogP contribution >= 0.6 is 0 Å². The summed E-state index contributed by atoms with van der Waals surface area (Å²) in [6.07, 6.45) is 4.64. The molecule has 2 heterocycles. The van der Waals surface area contributed by atoms with E-state index in [4.69, 9.17) is 0 Å². The number of nitrogens with zero attached hydrogens (tertiary/aromatic N) is 3. The summed E-state index contributed by atoms with van der Waals surface area (Å²) in [5, 5.41) is 3.99. The van der Waals surface area contributed by atoms with E-state index in [1.54, 1.807) is 30.6 Å². The van der Waals surface area contributed by atoms with Gasteiger partial charge in [-0.2, -0.15) is 0 Å². The molecule has 1 N–H and O–H groups in total. The maximum absolute atomic E-state index is 11.9. The summed E-state index contributed by atoms with van der Waals surface area (Å²) >= 11 is 0. The molecule has 0 aliphatic heterocycles. The Morgan fingerprint density at radius 2 is 1.68 bits per heavy atom. The maximum Gasteiger partial charge on any atom is 0.175 e. The monoisotopic (exact) mass is 390 g/mol. The fourth-order valence-corrected chi connectivity index (χ4v) is 3.70. The van der Waals surface area contributed by atoms with Crippen LogP contribution in [0, 0.1) is 0 Å². The van der Waals surface area contributed by atoms with Gasteiger partial charge in [-0.05, 0) is 47.5 Å². The van der Waals surface area contributed by atoms with Gasteiger partial charge in [0.2, 0.25) is 0 Å². The molecule has 0 aliphatic rings. The zero-order chi connectivity index (χ0) is 19.7. The van der Waals surface area contributed by atoms with Gasteiger partial charge in [-0.3, -0.25) is 4.98 Å². The van der Waals surface area contributed by atoms with Crippen molar-refractivity contribution >= 4 is 26.6 Å². The van der Waals surface area contributed by atoms with Gasteiger partial charge in [-0.1, -0.05) is 18.2 Å². The summed E-state index contributed by atoms with van der Waals surface area (Å²) in [6.45, 7) is 0. The van der Waals surface area contributed by atoms with Crippen LogP contribution in [0.1, 0.15) is 0 Å². The molecule has 2 aromatic carbocycles. The quantitative estimate of drug-likeness (QED) is 0.570. The molecular weight excluding hydrogens is 372 g/mol. The van der Waals surface area contributed by atoms with Crippen LogP contribution in [0.5, 0.6) is 0 Å². The van der Waals surface area contributed by atoms with Gasteiger partial charge in [0.05, 0.1) is 10.4 Å². The van der Waals surface area contributed by atoms with Crippen LogP contribution in [0.15, 0.2) is 71.9 Å². The van der Waals surface area contributed by atoms with Crippen LogP contribution in [0.3, 0.4) is 0 Å². The molecule has 2 aromatic heterocycles. The zero-order valence-electron chi connectivity index (χ0n) is 15.4. The van der Waals surface area contributed by atoms with E-state index in [-0.39, 0.29) is 0 Å². The summed E-state index contributed by atoms with van der Waals surface area (Å²) in [5.74, 6) is 1.29. The second-order valence-electron chi connectivity index (χ2n) is 6.42. The summed E-state index contributed by atoms with van der Waals surface area (Å²) in [5.41, 5.74) is 3.35. The van der Waals surface area contributed by atoms with Crippen molar-refractivity contribution in [2.24, 2.45) is 0 Å². The Morgan fingerprint density at radius 3 is 2.39 bits per heavy atom. The summed E-state index contributed by atoms with van der Waals surface area (Å²) in [4.78, 5) is 13.7. The standard InChI is InChI=1S/C21H18N4O2S/c1-22-21-18-12-15(14-5-3-7-17(11-14)28(2,26)27)8-9-19(18)24-20(25-21)16-6-4-10-23-13-16/h3-13H,1-2H3,(H,22,24,25). The Kier molecular flexibility index (Phi) is 4.52. The second-order valence-corrected chi connectivity index (χ2v) is 8.44. The smallest absolute Gasteiger partial charge is 0.175 e. The minimum Gasteiger partial charge on any atom is -0.373 e. The normalized spacial score (nSPS) is 11.5. The van der Waals surface area contributed by atoms with E-state index in [0.29, 0.717) is 16.5 Å². The van der Waals surface area contributed by atoms with Crippen molar-refractivity contribution in [2.75, 3.05) is 18.6 Å². The van der Waals surface area contributed by atoms with Gasteiger partial charge in [-0.15, -0.1) is 0 Å². The van der Waals surface area contributed by atoms with Crippen molar-refractivity contribution in [2.45, 2.75) is 4.90 Å². The highest BCUT2D eigenvalue weighted by atomic mass is 32.2. The molecule has 140 valence electrons. The summed E-state index contributed by atoms with van der Waals surface area (Å²) < 4.78 is 23.7. The molecule has 0 amide bonds. The lowest BCUT2D eigenvalue weighted by Gasteiger charge is -2.10. The van der Waals surface area contributed by atoms with Gasteiger partial charge in [-0.25, -0.2) is 18.4 Å². The molecule has 6 nitrogen and oxygen atoms in total. The predicted molar refractivity (Wildman–Crippen MR) is 111 cm³/mol. The molecule has 0 spiro atoms. The van der Waals surface area contributed by atoms with Gasteiger partial charge in [0.1, 0.15) is 5.82 Å². The van der Waals surface area contributed by atoms with Gasteiger partial charge >= 0.3 is 0 Å². The van der Waals surface area contributed by atoms with E-state index >= 15 is 0 Å². The third kappa shape index (κ3) is 3.44. The number of aromatic nitrogens is 3. The molecule has 0 bridgehead atoms. The largest absolute Gasteiger partial charge is 0.373 e. The van der Waals surface area contributed by atoms with E-state index in [1.165, 1.54) is 6.26 Å². The minimum atomic E-state index is -3.27. The van der Waals surface area contributed by atoms with Crippen molar-refractivity contribution < 1.29 is 8.42 Å². The number of rotatable bonds is 4. The molecular formula is C21H18N4O2S. The topological polar surface area (TPSA) is 84.8 Å². The fourth-order valence-electron chi connectivity index (χ4n) is 3.03. The van der Waals surface area contributed by atoms with Crippen molar-refractivity contribution in [1.82, 2.24) is 15.0 Å². The molecule has 0 aliphatic carbocycles. The number of sulfone groups is 1. The average Bonchev–Trinajstić information content (AvgIpc) is 2.72. The summed E-state index contributed by atoms with van der Waals surface area (Å²) in [7, 11) is -1.46. The van der Waals surface area contributed by atoms with Crippen LogP contribution in [-0.4, -0.2) is 36.7 Å². The first-order valence-electron chi connectivity index (χ1n) is 8.66. The molecule has 0 fully saturated rings. The molecule has 0 atom stereocenters. The number of fused-ring (bicyclic) bond motifs is 1. The molecule has 28 heavy (non-hydrogen) atoms. The molecule has 4 aromatic rings. The molecule has 0 radical (unpaired) electrons. The second kappa shape index (κ2) is 7.01. The number of hydrogen-bond acceptors (Lipinski definition) is 6. The van der Waals surface area contributed by atoms with Crippen molar-refractivity contribution in [3.63, 3.8) is 0 Å². The molecule has 4 rings (SSSR count).